The average Bonchev–Trinajstić information content (AvgIpc) is 3.26. The Bertz CT molecular complexity index is 1020. The first-order chi connectivity index (χ1) is 12.7. The van der Waals surface area contributed by atoms with Gasteiger partial charge in [-0.25, -0.2) is 9.98 Å². The molecule has 0 saturated carbocycles. The quantitative estimate of drug-likeness (QED) is 0.488. The minimum Gasteiger partial charge on any atom is -0.348 e. The van der Waals surface area contributed by atoms with E-state index in [9.17, 15) is 4.79 Å². The number of hydrogen-bond donors (Lipinski definition) is 4. The second-order valence-corrected chi connectivity index (χ2v) is 5.97. The van der Waals surface area contributed by atoms with Crippen molar-refractivity contribution in [2.24, 2.45) is 10.7 Å². The molecule has 3 aromatic rings. The highest BCUT2D eigenvalue weighted by atomic mass is 35.5. The minimum atomic E-state index is -0.251. The van der Waals surface area contributed by atoms with E-state index in [0.717, 1.165) is 22.2 Å². The number of halogens is 2. The molecule has 1 aliphatic rings. The predicted octanol–water partition coefficient (Wildman–Crippen LogP) is 2.52. The smallest absolute Gasteiger partial charge is 0.276 e. The Hall–Kier alpha value is -2.87. The van der Waals surface area contributed by atoms with E-state index in [1.54, 1.807) is 12.4 Å². The van der Waals surface area contributed by atoms with Gasteiger partial charge in [0.15, 0.2) is 0 Å². The third-order valence-corrected chi connectivity index (χ3v) is 4.19. The van der Waals surface area contributed by atoms with E-state index in [0.29, 0.717) is 18.2 Å². The highest BCUT2D eigenvalue weighted by molar-refractivity contribution is 6.13. The number of carbonyl (C=O) groups excluding carboxylic acids is 1. The van der Waals surface area contributed by atoms with Crippen molar-refractivity contribution in [3.63, 3.8) is 0 Å². The van der Waals surface area contributed by atoms with Gasteiger partial charge in [0.25, 0.3) is 5.91 Å². The van der Waals surface area contributed by atoms with Gasteiger partial charge in [-0.1, -0.05) is 36.4 Å². The first-order valence-corrected chi connectivity index (χ1v) is 8.29. The first kappa shape index (κ1) is 21.4. The summed E-state index contributed by atoms with van der Waals surface area (Å²) in [5.41, 5.74) is 9.88. The van der Waals surface area contributed by atoms with Gasteiger partial charge in [0, 0.05) is 6.54 Å². The topological polar surface area (TPSA) is 108 Å². The van der Waals surface area contributed by atoms with Crippen LogP contribution in [0.2, 0.25) is 0 Å². The third-order valence-electron chi connectivity index (χ3n) is 4.19. The molecule has 0 spiro atoms. The maximum absolute atomic E-state index is 12.2. The molecular formula is C19H20Cl2N6O. The molecule has 0 saturated heterocycles. The monoisotopic (exact) mass is 418 g/mol. The number of nitrogens with zero attached hydrogens (tertiary/aromatic N) is 2. The number of H-pyrrole nitrogens is 1. The summed E-state index contributed by atoms with van der Waals surface area (Å²) >= 11 is 0. The number of carbonyl (C=O) groups is 1. The highest BCUT2D eigenvalue weighted by Crippen LogP contribution is 2.17. The number of nitrogens with one attached hydrogen (secondary N) is 3. The molecule has 5 N–H and O–H groups in total. The SMILES string of the molecule is Cl.Cl.NC[C@H](NC1=N/C(=C\c2ccc3[nH]cnc3c2)C(=O)N1)c1ccccc1. The molecule has 0 radical (unpaired) electrons. The van der Waals surface area contributed by atoms with Crippen LogP contribution < -0.4 is 16.4 Å². The molecule has 28 heavy (non-hydrogen) atoms. The van der Waals surface area contributed by atoms with E-state index in [1.165, 1.54) is 0 Å². The van der Waals surface area contributed by atoms with Crippen LogP contribution in [0, 0.1) is 0 Å². The van der Waals surface area contributed by atoms with Gasteiger partial charge in [-0.05, 0) is 29.3 Å². The number of fused-ring (bicyclic) bond motifs is 1. The van der Waals surface area contributed by atoms with Crippen LogP contribution in [0.4, 0.5) is 0 Å². The number of aliphatic imine (C=N–C) groups is 1. The number of benzene rings is 2. The number of aromatic amines is 1. The maximum Gasteiger partial charge on any atom is 0.276 e. The second-order valence-electron chi connectivity index (χ2n) is 5.97. The van der Waals surface area contributed by atoms with E-state index in [-0.39, 0.29) is 36.8 Å². The van der Waals surface area contributed by atoms with Crippen molar-refractivity contribution in [1.29, 1.82) is 0 Å². The van der Waals surface area contributed by atoms with Crippen molar-refractivity contribution in [3.05, 3.63) is 71.7 Å². The van der Waals surface area contributed by atoms with E-state index in [4.69, 9.17) is 5.73 Å². The van der Waals surface area contributed by atoms with Gasteiger partial charge < -0.3 is 16.0 Å². The van der Waals surface area contributed by atoms with E-state index >= 15 is 0 Å². The molecular weight excluding hydrogens is 399 g/mol. The Morgan fingerprint density at radius 3 is 2.68 bits per heavy atom. The zero-order valence-electron chi connectivity index (χ0n) is 14.8. The van der Waals surface area contributed by atoms with Crippen LogP contribution in [0.1, 0.15) is 17.2 Å². The maximum atomic E-state index is 12.2. The molecule has 9 heteroatoms. The molecule has 146 valence electrons. The molecule has 0 unspecified atom stereocenters. The van der Waals surface area contributed by atoms with Gasteiger partial charge in [0.1, 0.15) is 5.70 Å². The zero-order chi connectivity index (χ0) is 17.9. The number of nitrogens with two attached hydrogens (primary N) is 1. The van der Waals surface area contributed by atoms with Gasteiger partial charge >= 0.3 is 0 Å². The second kappa shape index (κ2) is 9.36. The summed E-state index contributed by atoms with van der Waals surface area (Å²) in [6, 6.07) is 15.4. The van der Waals surface area contributed by atoms with Crippen molar-refractivity contribution < 1.29 is 4.79 Å². The summed E-state index contributed by atoms with van der Waals surface area (Å²) in [6.07, 6.45) is 3.37. The predicted molar refractivity (Wildman–Crippen MR) is 116 cm³/mol. The van der Waals surface area contributed by atoms with Crippen molar-refractivity contribution in [1.82, 2.24) is 20.6 Å². The lowest BCUT2D eigenvalue weighted by atomic mass is 10.1. The molecule has 1 aliphatic heterocycles. The number of aromatic nitrogens is 2. The van der Waals surface area contributed by atoms with E-state index < -0.39 is 0 Å². The molecule has 0 aliphatic carbocycles. The van der Waals surface area contributed by atoms with Crippen LogP contribution in [-0.4, -0.2) is 28.4 Å². The number of hydrogen-bond acceptors (Lipinski definition) is 5. The summed E-state index contributed by atoms with van der Waals surface area (Å²) in [6.45, 7) is 0.383. The molecule has 4 rings (SSSR count). The molecule has 2 aromatic carbocycles. The zero-order valence-corrected chi connectivity index (χ0v) is 16.4. The number of guanidine groups is 1. The van der Waals surface area contributed by atoms with Crippen molar-refractivity contribution in [2.75, 3.05) is 6.54 Å². The van der Waals surface area contributed by atoms with E-state index in [1.807, 2.05) is 48.5 Å². The molecule has 2 heterocycles. The Labute approximate surface area is 174 Å². The Morgan fingerprint density at radius 2 is 1.93 bits per heavy atom. The lowest BCUT2D eigenvalue weighted by Gasteiger charge is -2.17. The van der Waals surface area contributed by atoms with Crippen LogP contribution in [0.15, 0.2) is 65.5 Å². The normalized spacial score (nSPS) is 15.4. The van der Waals surface area contributed by atoms with Crippen molar-refractivity contribution >= 4 is 53.8 Å². The lowest BCUT2D eigenvalue weighted by Crippen LogP contribution is -2.40. The lowest BCUT2D eigenvalue weighted by molar-refractivity contribution is -0.115. The van der Waals surface area contributed by atoms with Crippen LogP contribution in [-0.2, 0) is 4.79 Å². The van der Waals surface area contributed by atoms with Crippen molar-refractivity contribution in [3.8, 4) is 0 Å². The minimum absolute atomic E-state index is 0. The largest absolute Gasteiger partial charge is 0.348 e. The summed E-state index contributed by atoms with van der Waals surface area (Å²) in [5.74, 6) is 0.153. The fourth-order valence-corrected chi connectivity index (χ4v) is 2.86. The highest BCUT2D eigenvalue weighted by Gasteiger charge is 2.22. The molecule has 0 fully saturated rings. The Morgan fingerprint density at radius 1 is 1.14 bits per heavy atom. The summed E-state index contributed by atoms with van der Waals surface area (Å²) in [5, 5.41) is 5.93. The van der Waals surface area contributed by atoms with E-state index in [2.05, 4.69) is 25.6 Å². The molecule has 0 bridgehead atoms. The Kier molecular flexibility index (Phi) is 7.17. The first-order valence-electron chi connectivity index (χ1n) is 8.29. The van der Waals surface area contributed by atoms with Gasteiger partial charge in [-0.15, -0.1) is 24.8 Å². The molecule has 1 amide bonds. The Balaban J connectivity index is 0.00000140. The summed E-state index contributed by atoms with van der Waals surface area (Å²) in [7, 11) is 0. The number of rotatable bonds is 4. The summed E-state index contributed by atoms with van der Waals surface area (Å²) < 4.78 is 0. The van der Waals surface area contributed by atoms with Gasteiger partial charge in [0.05, 0.1) is 23.4 Å². The fraction of sp³-hybridized carbons (Fsp3) is 0.105. The van der Waals surface area contributed by atoms with Crippen LogP contribution >= 0.6 is 24.8 Å². The fourth-order valence-electron chi connectivity index (χ4n) is 2.86. The van der Waals surface area contributed by atoms with Crippen molar-refractivity contribution in [2.45, 2.75) is 6.04 Å². The van der Waals surface area contributed by atoms with Gasteiger partial charge in [0.2, 0.25) is 5.96 Å². The summed E-state index contributed by atoms with van der Waals surface area (Å²) in [4.78, 5) is 23.9. The number of amides is 1. The molecule has 1 aromatic heterocycles. The standard InChI is InChI=1S/C19H18N6O.2ClH/c20-10-17(13-4-2-1-3-5-13)24-19-23-16(18(26)25-19)9-12-6-7-14-15(8-12)22-11-21-14;;/h1-9,11,17H,10,20H2,(H,21,22)(H2,23,24,25,26);2*1H/b16-9-;;/t17-;;/m0../s1. The van der Waals surface area contributed by atoms with Crippen LogP contribution in [0.3, 0.4) is 0 Å². The third kappa shape index (κ3) is 4.51. The number of imidazole rings is 1. The van der Waals surface area contributed by atoms with Crippen LogP contribution in [0.5, 0.6) is 0 Å². The molecule has 1 atom stereocenters. The van der Waals surface area contributed by atoms with Crippen LogP contribution in [0.25, 0.3) is 17.1 Å². The molecule has 7 nitrogen and oxygen atoms in total. The average molecular weight is 419 g/mol. The van der Waals surface area contributed by atoms with Gasteiger partial charge in [-0.3, -0.25) is 10.1 Å². The van der Waals surface area contributed by atoms with Gasteiger partial charge in [-0.2, -0.15) is 0 Å².